The minimum absolute atomic E-state index is 0.377. The summed E-state index contributed by atoms with van der Waals surface area (Å²) in [7, 11) is 0. The molecule has 0 saturated heterocycles. The Balaban J connectivity index is 2.37. The second-order valence-electron chi connectivity index (χ2n) is 5.20. The van der Waals surface area contributed by atoms with E-state index in [4.69, 9.17) is 23.2 Å². The van der Waals surface area contributed by atoms with E-state index in [1.54, 1.807) is 24.4 Å². The average molecular weight is 349 g/mol. The Hall–Kier alpha value is -1.72. The molecular formula is C17H14Cl2N2O2. The van der Waals surface area contributed by atoms with Crippen molar-refractivity contribution in [3.8, 4) is 11.1 Å². The molecule has 2 N–H and O–H groups in total. The summed E-state index contributed by atoms with van der Waals surface area (Å²) in [5.41, 5.74) is 3.17. The van der Waals surface area contributed by atoms with Gasteiger partial charge in [-0.05, 0) is 31.2 Å². The molecule has 0 fully saturated rings. The number of aliphatic hydroxyl groups excluding tert-OH is 2. The number of hydrogen-bond acceptors (Lipinski definition) is 4. The minimum Gasteiger partial charge on any atom is -0.393 e. The molecule has 0 spiro atoms. The highest BCUT2D eigenvalue weighted by Crippen LogP contribution is 2.38. The second kappa shape index (κ2) is 6.42. The van der Waals surface area contributed by atoms with E-state index >= 15 is 0 Å². The zero-order valence-corrected chi connectivity index (χ0v) is 13.8. The van der Waals surface area contributed by atoms with Crippen LogP contribution in [0.2, 0.25) is 10.0 Å². The minimum atomic E-state index is -1.07. The Morgan fingerprint density at radius 1 is 1.13 bits per heavy atom. The lowest BCUT2D eigenvalue weighted by molar-refractivity contribution is 0.0935. The molecule has 0 aliphatic rings. The lowest BCUT2D eigenvalue weighted by Crippen LogP contribution is -2.07. The zero-order valence-electron chi connectivity index (χ0n) is 12.3. The lowest BCUT2D eigenvalue weighted by Gasteiger charge is -2.15. The number of aryl methyl sites for hydroxylation is 1. The summed E-state index contributed by atoms with van der Waals surface area (Å²) in [4.78, 5) is 8.86. The third-order valence-corrected chi connectivity index (χ3v) is 4.25. The van der Waals surface area contributed by atoms with Crippen LogP contribution in [0.15, 0.2) is 36.5 Å². The van der Waals surface area contributed by atoms with Crippen LogP contribution >= 0.6 is 23.2 Å². The highest BCUT2D eigenvalue weighted by molar-refractivity contribution is 6.39. The maximum absolute atomic E-state index is 9.97. The lowest BCUT2D eigenvalue weighted by atomic mass is 10.0. The molecule has 0 bridgehead atoms. The number of nitrogens with zero attached hydrogens (tertiary/aromatic N) is 2. The highest BCUT2D eigenvalue weighted by Gasteiger charge is 2.18. The summed E-state index contributed by atoms with van der Waals surface area (Å²) in [6.07, 6.45) is 0.508. The molecule has 3 aromatic rings. The molecule has 0 radical (unpaired) electrons. The van der Waals surface area contributed by atoms with Gasteiger partial charge >= 0.3 is 0 Å². The van der Waals surface area contributed by atoms with Gasteiger partial charge in [-0.3, -0.25) is 9.97 Å². The van der Waals surface area contributed by atoms with E-state index in [0.29, 0.717) is 37.8 Å². The molecule has 3 rings (SSSR count). The first-order valence-corrected chi connectivity index (χ1v) is 7.78. The fraction of sp³-hybridized carbons (Fsp3) is 0.176. The molecule has 6 heteroatoms. The number of halogens is 2. The number of benzene rings is 1. The molecule has 2 heterocycles. The van der Waals surface area contributed by atoms with E-state index in [-0.39, 0.29) is 0 Å². The van der Waals surface area contributed by atoms with Crippen LogP contribution in [0.5, 0.6) is 0 Å². The van der Waals surface area contributed by atoms with Crippen LogP contribution in [0, 0.1) is 6.92 Å². The quantitative estimate of drug-likeness (QED) is 0.752. The first kappa shape index (κ1) is 16.1. The number of hydrogen-bond donors (Lipinski definition) is 2. The van der Waals surface area contributed by atoms with Crippen molar-refractivity contribution in [1.82, 2.24) is 9.97 Å². The van der Waals surface area contributed by atoms with Crippen LogP contribution in [0.25, 0.3) is 22.0 Å². The van der Waals surface area contributed by atoms with Gasteiger partial charge in [-0.15, -0.1) is 0 Å². The maximum Gasteiger partial charge on any atom is 0.120 e. The monoisotopic (exact) mass is 348 g/mol. The third kappa shape index (κ3) is 2.91. The fourth-order valence-corrected chi connectivity index (χ4v) is 3.12. The average Bonchev–Trinajstić information content (AvgIpc) is 2.54. The van der Waals surface area contributed by atoms with E-state index in [2.05, 4.69) is 9.97 Å². The molecule has 4 nitrogen and oxygen atoms in total. The Labute approximate surface area is 143 Å². The number of fused-ring (bicyclic) bond motifs is 1. The Morgan fingerprint density at radius 3 is 2.48 bits per heavy atom. The number of aromatic nitrogens is 2. The van der Waals surface area contributed by atoms with E-state index in [1.807, 2.05) is 19.1 Å². The van der Waals surface area contributed by atoms with E-state index in [1.165, 1.54) is 0 Å². The first-order chi connectivity index (χ1) is 11.0. The summed E-state index contributed by atoms with van der Waals surface area (Å²) in [6.45, 7) is 1.46. The summed E-state index contributed by atoms with van der Waals surface area (Å²) < 4.78 is 0. The van der Waals surface area contributed by atoms with Gasteiger partial charge in [-0.2, -0.15) is 0 Å². The van der Waals surface area contributed by atoms with Crippen molar-refractivity contribution in [2.45, 2.75) is 13.0 Å². The van der Waals surface area contributed by atoms with Gasteiger partial charge in [0, 0.05) is 28.4 Å². The number of aliphatic hydroxyl groups is 2. The fourth-order valence-electron chi connectivity index (χ4n) is 2.52. The van der Waals surface area contributed by atoms with Crippen molar-refractivity contribution < 1.29 is 10.2 Å². The molecule has 23 heavy (non-hydrogen) atoms. The van der Waals surface area contributed by atoms with Crippen LogP contribution in [-0.2, 0) is 0 Å². The zero-order chi connectivity index (χ0) is 16.6. The molecular weight excluding hydrogens is 335 g/mol. The van der Waals surface area contributed by atoms with E-state index in [9.17, 15) is 10.2 Å². The first-order valence-electron chi connectivity index (χ1n) is 7.02. The Morgan fingerprint density at radius 2 is 1.83 bits per heavy atom. The van der Waals surface area contributed by atoms with Gasteiger partial charge in [-0.25, -0.2) is 0 Å². The van der Waals surface area contributed by atoms with Gasteiger partial charge in [0.15, 0.2) is 0 Å². The second-order valence-corrected chi connectivity index (χ2v) is 6.02. The van der Waals surface area contributed by atoms with Crippen molar-refractivity contribution >= 4 is 34.1 Å². The van der Waals surface area contributed by atoms with Crippen molar-refractivity contribution in [2.24, 2.45) is 0 Å². The molecule has 0 amide bonds. The van der Waals surface area contributed by atoms with Gasteiger partial charge < -0.3 is 10.2 Å². The predicted molar refractivity (Wildman–Crippen MR) is 91.8 cm³/mol. The number of pyridine rings is 2. The summed E-state index contributed by atoms with van der Waals surface area (Å²) in [5, 5.41) is 20.9. The van der Waals surface area contributed by atoms with Crippen LogP contribution in [-0.4, -0.2) is 26.8 Å². The van der Waals surface area contributed by atoms with Crippen molar-refractivity contribution in [3.05, 3.63) is 58.0 Å². The van der Waals surface area contributed by atoms with Gasteiger partial charge in [-0.1, -0.05) is 29.3 Å². The highest BCUT2D eigenvalue weighted by atomic mass is 35.5. The number of rotatable bonds is 3. The molecule has 1 atom stereocenters. The third-order valence-electron chi connectivity index (χ3n) is 3.62. The Bertz CT molecular complexity index is 864. The SMILES string of the molecule is Cc1ccc2c(C(O)CO)ncc(-c3c(Cl)cccc3Cl)c2n1. The van der Waals surface area contributed by atoms with Gasteiger partial charge in [0.2, 0.25) is 0 Å². The van der Waals surface area contributed by atoms with Crippen molar-refractivity contribution in [3.63, 3.8) is 0 Å². The summed E-state index contributed by atoms with van der Waals surface area (Å²) in [6, 6.07) is 8.93. The predicted octanol–water partition coefficient (Wildman–Crippen LogP) is 3.94. The van der Waals surface area contributed by atoms with Gasteiger partial charge in [0.1, 0.15) is 6.10 Å². The van der Waals surface area contributed by atoms with Gasteiger partial charge in [0.25, 0.3) is 0 Å². The normalized spacial score (nSPS) is 12.6. The topological polar surface area (TPSA) is 66.2 Å². The molecule has 0 aliphatic carbocycles. The molecule has 118 valence electrons. The van der Waals surface area contributed by atoms with E-state index in [0.717, 1.165) is 5.69 Å². The molecule has 1 unspecified atom stereocenters. The summed E-state index contributed by atoms with van der Waals surface area (Å²) in [5.74, 6) is 0. The maximum atomic E-state index is 9.97. The largest absolute Gasteiger partial charge is 0.393 e. The van der Waals surface area contributed by atoms with Crippen LogP contribution in [0.3, 0.4) is 0 Å². The van der Waals surface area contributed by atoms with Crippen LogP contribution in [0.4, 0.5) is 0 Å². The summed E-state index contributed by atoms with van der Waals surface area (Å²) >= 11 is 12.6. The van der Waals surface area contributed by atoms with Crippen molar-refractivity contribution in [2.75, 3.05) is 6.61 Å². The standard InChI is InChI=1S/C17H14Cl2N2O2/c1-9-5-6-10-16(21-9)11(7-20-17(10)14(23)8-22)15-12(18)3-2-4-13(15)19/h2-7,14,22-23H,8H2,1H3. The van der Waals surface area contributed by atoms with Crippen LogP contribution < -0.4 is 0 Å². The van der Waals surface area contributed by atoms with Crippen molar-refractivity contribution in [1.29, 1.82) is 0 Å². The van der Waals surface area contributed by atoms with E-state index < -0.39 is 12.7 Å². The molecule has 0 aliphatic heterocycles. The molecule has 2 aromatic heterocycles. The Kier molecular flexibility index (Phi) is 4.50. The molecule has 1 aromatic carbocycles. The van der Waals surface area contributed by atoms with Crippen LogP contribution in [0.1, 0.15) is 17.5 Å². The van der Waals surface area contributed by atoms with Gasteiger partial charge in [0.05, 0.1) is 27.9 Å². The smallest absolute Gasteiger partial charge is 0.120 e. The molecule has 0 saturated carbocycles.